The first-order valence-corrected chi connectivity index (χ1v) is 10.4. The molecule has 8 heteroatoms. The predicted molar refractivity (Wildman–Crippen MR) is 111 cm³/mol. The summed E-state index contributed by atoms with van der Waals surface area (Å²) in [5, 5.41) is 3.22. The lowest BCUT2D eigenvalue weighted by Crippen LogP contribution is -2.22. The molecule has 152 valence electrons. The molecular formula is C21H20ClNO5S. The molecule has 0 saturated carbocycles. The van der Waals surface area contributed by atoms with E-state index in [1.165, 1.54) is 0 Å². The molecule has 3 aromatic rings. The van der Waals surface area contributed by atoms with Crippen LogP contribution in [0.5, 0.6) is 11.5 Å². The fourth-order valence-corrected chi connectivity index (χ4v) is 4.25. The number of carbonyl (C=O) groups is 1. The van der Waals surface area contributed by atoms with Crippen LogP contribution in [0.3, 0.4) is 0 Å². The lowest BCUT2D eigenvalue weighted by molar-refractivity contribution is 0.0921. The van der Waals surface area contributed by atoms with E-state index >= 15 is 0 Å². The normalized spacial score (nSPS) is 11.7. The zero-order valence-electron chi connectivity index (χ0n) is 15.9. The Bertz CT molecular complexity index is 1030. The van der Waals surface area contributed by atoms with Gasteiger partial charge < -0.3 is 19.2 Å². The number of hydrogen-bond acceptors (Lipinski definition) is 5. The first kappa shape index (κ1) is 21.0. The lowest BCUT2D eigenvalue weighted by Gasteiger charge is -2.12. The number of ether oxygens (including phenoxy) is 2. The van der Waals surface area contributed by atoms with E-state index in [1.54, 1.807) is 56.7 Å². The highest BCUT2D eigenvalue weighted by molar-refractivity contribution is 7.84. The SMILES string of the molecule is COc1cccc(CNC(=O)c2ccc(CS(=O)c3ccccc3Cl)o2)c1OC. The van der Waals surface area contributed by atoms with E-state index in [1.807, 2.05) is 12.1 Å². The maximum atomic E-state index is 12.5. The van der Waals surface area contributed by atoms with E-state index in [-0.39, 0.29) is 24.0 Å². The lowest BCUT2D eigenvalue weighted by atomic mass is 10.2. The van der Waals surface area contributed by atoms with Gasteiger partial charge in [0, 0.05) is 12.1 Å². The van der Waals surface area contributed by atoms with Crippen molar-refractivity contribution in [1.82, 2.24) is 5.32 Å². The molecule has 0 spiro atoms. The Kier molecular flexibility index (Phi) is 6.95. The summed E-state index contributed by atoms with van der Waals surface area (Å²) in [4.78, 5) is 13.0. The average Bonchev–Trinajstić information content (AvgIpc) is 3.20. The number of rotatable bonds is 8. The van der Waals surface area contributed by atoms with Gasteiger partial charge in [-0.2, -0.15) is 0 Å². The molecule has 0 saturated heterocycles. The van der Waals surface area contributed by atoms with Crippen LogP contribution in [-0.4, -0.2) is 24.3 Å². The predicted octanol–water partition coefficient (Wildman–Crippen LogP) is 4.19. The summed E-state index contributed by atoms with van der Waals surface area (Å²) in [7, 11) is 1.72. The molecule has 0 aliphatic carbocycles. The van der Waals surface area contributed by atoms with Gasteiger partial charge in [-0.05, 0) is 30.3 Å². The van der Waals surface area contributed by atoms with Crippen LogP contribution in [0, 0.1) is 0 Å². The molecule has 0 aliphatic rings. The summed E-state index contributed by atoms with van der Waals surface area (Å²) in [6.07, 6.45) is 0. The highest BCUT2D eigenvalue weighted by Crippen LogP contribution is 2.30. The van der Waals surface area contributed by atoms with Gasteiger partial charge in [0.15, 0.2) is 17.3 Å². The molecule has 1 atom stereocenters. The van der Waals surface area contributed by atoms with E-state index in [0.29, 0.717) is 27.2 Å². The van der Waals surface area contributed by atoms with E-state index < -0.39 is 10.8 Å². The second-order valence-corrected chi connectivity index (χ2v) is 7.85. The molecular weight excluding hydrogens is 414 g/mol. The maximum absolute atomic E-state index is 12.5. The number of halogens is 1. The third-order valence-electron chi connectivity index (χ3n) is 4.16. The molecule has 0 radical (unpaired) electrons. The second-order valence-electron chi connectivity index (χ2n) is 6.02. The molecule has 1 aromatic heterocycles. The molecule has 1 unspecified atom stereocenters. The third kappa shape index (κ3) is 4.99. The molecule has 0 aliphatic heterocycles. The summed E-state index contributed by atoms with van der Waals surface area (Å²) >= 11 is 6.08. The molecule has 3 rings (SSSR count). The van der Waals surface area contributed by atoms with Gasteiger partial charge in [-0.3, -0.25) is 9.00 Å². The van der Waals surface area contributed by atoms with Crippen LogP contribution in [0.1, 0.15) is 21.9 Å². The Labute approximate surface area is 176 Å². The topological polar surface area (TPSA) is 77.8 Å². The van der Waals surface area contributed by atoms with Crippen LogP contribution in [0.4, 0.5) is 0 Å². The summed E-state index contributed by atoms with van der Waals surface area (Å²) < 4.78 is 28.7. The van der Waals surface area contributed by atoms with Gasteiger partial charge >= 0.3 is 0 Å². The maximum Gasteiger partial charge on any atom is 0.287 e. The highest BCUT2D eigenvalue weighted by atomic mass is 35.5. The van der Waals surface area contributed by atoms with E-state index in [4.69, 9.17) is 25.5 Å². The first-order valence-electron chi connectivity index (χ1n) is 8.73. The number of methoxy groups -OCH3 is 2. The second kappa shape index (κ2) is 9.62. The van der Waals surface area contributed by atoms with Crippen LogP contribution in [0.2, 0.25) is 5.02 Å². The molecule has 0 bridgehead atoms. The number of hydrogen-bond donors (Lipinski definition) is 1. The summed E-state index contributed by atoms with van der Waals surface area (Å²) in [6.45, 7) is 0.237. The van der Waals surface area contributed by atoms with Crippen molar-refractivity contribution in [2.24, 2.45) is 0 Å². The fraction of sp³-hybridized carbons (Fsp3) is 0.190. The molecule has 1 amide bonds. The number of amides is 1. The minimum Gasteiger partial charge on any atom is -0.493 e. The molecule has 29 heavy (non-hydrogen) atoms. The van der Waals surface area contributed by atoms with Gasteiger partial charge in [-0.25, -0.2) is 0 Å². The van der Waals surface area contributed by atoms with Crippen molar-refractivity contribution in [2.45, 2.75) is 17.2 Å². The van der Waals surface area contributed by atoms with Crippen LogP contribution >= 0.6 is 11.6 Å². The van der Waals surface area contributed by atoms with Crippen LogP contribution in [0.15, 0.2) is 63.9 Å². The Morgan fingerprint density at radius 3 is 2.59 bits per heavy atom. The van der Waals surface area contributed by atoms with Crippen LogP contribution in [0.25, 0.3) is 0 Å². The number of benzene rings is 2. The van der Waals surface area contributed by atoms with Crippen molar-refractivity contribution in [1.29, 1.82) is 0 Å². The van der Waals surface area contributed by atoms with Crippen molar-refractivity contribution in [2.75, 3.05) is 14.2 Å². The average molecular weight is 434 g/mol. The summed E-state index contributed by atoms with van der Waals surface area (Å²) in [5.74, 6) is 1.46. The van der Waals surface area contributed by atoms with Gasteiger partial charge in [0.05, 0.1) is 40.7 Å². The van der Waals surface area contributed by atoms with E-state index in [9.17, 15) is 9.00 Å². The zero-order chi connectivity index (χ0) is 20.8. The number of carbonyl (C=O) groups excluding carboxylic acids is 1. The molecule has 0 fully saturated rings. The molecule has 2 aromatic carbocycles. The highest BCUT2D eigenvalue weighted by Gasteiger charge is 2.16. The Hall–Kier alpha value is -2.77. The van der Waals surface area contributed by atoms with Gasteiger partial charge in [0.1, 0.15) is 5.76 Å². The van der Waals surface area contributed by atoms with Crippen molar-refractivity contribution in [3.8, 4) is 11.5 Å². The summed E-state index contributed by atoms with van der Waals surface area (Å²) in [5.41, 5.74) is 0.770. The van der Waals surface area contributed by atoms with Gasteiger partial charge in [0.25, 0.3) is 5.91 Å². The minimum atomic E-state index is -1.38. The number of para-hydroxylation sites is 1. The van der Waals surface area contributed by atoms with Crippen LogP contribution < -0.4 is 14.8 Å². The molecule has 1 N–H and O–H groups in total. The smallest absolute Gasteiger partial charge is 0.287 e. The molecule has 6 nitrogen and oxygen atoms in total. The third-order valence-corrected chi connectivity index (χ3v) is 6.00. The Morgan fingerprint density at radius 2 is 1.86 bits per heavy atom. The van der Waals surface area contributed by atoms with Gasteiger partial charge in [-0.1, -0.05) is 35.9 Å². The van der Waals surface area contributed by atoms with Crippen molar-refractivity contribution < 1.29 is 22.9 Å². The van der Waals surface area contributed by atoms with Crippen molar-refractivity contribution >= 4 is 28.3 Å². The standard InChI is InChI=1S/C21H20ClNO5S/c1-26-17-8-5-6-14(20(17)27-2)12-23-21(24)18-11-10-15(28-18)13-29(25)19-9-4-3-7-16(19)22/h3-11H,12-13H2,1-2H3,(H,23,24). The quantitative estimate of drug-likeness (QED) is 0.576. The van der Waals surface area contributed by atoms with Crippen molar-refractivity contribution in [3.05, 3.63) is 76.7 Å². The van der Waals surface area contributed by atoms with Gasteiger partial charge in [-0.15, -0.1) is 0 Å². The number of nitrogens with one attached hydrogen (secondary N) is 1. The Morgan fingerprint density at radius 1 is 1.07 bits per heavy atom. The van der Waals surface area contributed by atoms with Crippen molar-refractivity contribution in [3.63, 3.8) is 0 Å². The monoisotopic (exact) mass is 433 g/mol. The first-order chi connectivity index (χ1) is 14.0. The fourth-order valence-electron chi connectivity index (χ4n) is 2.77. The van der Waals surface area contributed by atoms with E-state index in [0.717, 1.165) is 5.56 Å². The van der Waals surface area contributed by atoms with E-state index in [2.05, 4.69) is 5.32 Å². The molecule has 1 heterocycles. The summed E-state index contributed by atoms with van der Waals surface area (Å²) in [6, 6.07) is 15.6. The Balaban J connectivity index is 1.64. The van der Waals surface area contributed by atoms with Gasteiger partial charge in [0.2, 0.25) is 0 Å². The zero-order valence-corrected chi connectivity index (χ0v) is 17.5. The van der Waals surface area contributed by atoms with Crippen LogP contribution in [-0.2, 0) is 23.1 Å². The minimum absolute atomic E-state index is 0.126. The largest absolute Gasteiger partial charge is 0.493 e. The number of furan rings is 1.